The molecule has 2 aliphatic rings. The Bertz CT molecular complexity index is 921. The fourth-order valence-electron chi connectivity index (χ4n) is 4.12. The summed E-state index contributed by atoms with van der Waals surface area (Å²) >= 11 is 0. The molecule has 2 aliphatic heterocycles. The first-order valence-electron chi connectivity index (χ1n) is 11.0. The molecule has 8 nitrogen and oxygen atoms in total. The Balaban J connectivity index is 1.50. The molecule has 8 heteroatoms. The van der Waals surface area contributed by atoms with Crippen LogP contribution in [0.1, 0.15) is 25.0 Å². The number of nitrogens with zero attached hydrogens (tertiary/aromatic N) is 3. The van der Waals surface area contributed by atoms with Crippen molar-refractivity contribution in [2.45, 2.75) is 33.1 Å². The summed E-state index contributed by atoms with van der Waals surface area (Å²) in [7, 11) is 1.61. The van der Waals surface area contributed by atoms with Crippen molar-refractivity contribution in [2.24, 2.45) is 5.92 Å². The van der Waals surface area contributed by atoms with E-state index in [2.05, 4.69) is 23.7 Å². The Labute approximate surface area is 189 Å². The maximum Gasteiger partial charge on any atom is 0.236 e. The van der Waals surface area contributed by atoms with Gasteiger partial charge in [-0.1, -0.05) is 19.9 Å². The Morgan fingerprint density at radius 2 is 2.09 bits per heavy atom. The molecule has 4 rings (SSSR count). The molecule has 1 atom stereocenters. The topological polar surface area (TPSA) is 73.4 Å². The van der Waals surface area contributed by atoms with Crippen molar-refractivity contribution in [1.82, 2.24) is 14.8 Å². The van der Waals surface area contributed by atoms with E-state index in [4.69, 9.17) is 18.9 Å². The van der Waals surface area contributed by atoms with Crippen LogP contribution in [0, 0.1) is 5.92 Å². The van der Waals surface area contributed by atoms with Crippen LogP contribution in [-0.4, -0.2) is 66.9 Å². The van der Waals surface area contributed by atoms with Gasteiger partial charge in [0, 0.05) is 38.6 Å². The molecule has 3 heterocycles. The van der Waals surface area contributed by atoms with Crippen molar-refractivity contribution in [3.8, 4) is 17.2 Å². The molecule has 32 heavy (non-hydrogen) atoms. The number of benzene rings is 1. The second kappa shape index (κ2) is 10.2. The lowest BCUT2D eigenvalue weighted by atomic mass is 10.1. The van der Waals surface area contributed by atoms with Gasteiger partial charge in [-0.05, 0) is 35.2 Å². The van der Waals surface area contributed by atoms with E-state index in [1.807, 2.05) is 35.4 Å². The minimum Gasteiger partial charge on any atom is -0.493 e. The van der Waals surface area contributed by atoms with Crippen molar-refractivity contribution in [1.29, 1.82) is 0 Å². The van der Waals surface area contributed by atoms with Crippen LogP contribution < -0.4 is 14.2 Å². The maximum absolute atomic E-state index is 13.0. The van der Waals surface area contributed by atoms with E-state index in [-0.39, 0.29) is 18.8 Å². The quantitative estimate of drug-likeness (QED) is 0.624. The standard InChI is InChI=1S/C24H31N3O5/c1-17(2)10-27-13-20(30-15-18-5-4-6-25-9-18)12-26(14-23(27)28)11-19-7-21(29-3)24-22(8-19)31-16-32-24/h4-9,17,20H,10-16H2,1-3H3. The zero-order chi connectivity index (χ0) is 22.5. The first-order valence-corrected chi connectivity index (χ1v) is 11.0. The van der Waals surface area contributed by atoms with Gasteiger partial charge >= 0.3 is 0 Å². The summed E-state index contributed by atoms with van der Waals surface area (Å²) in [6, 6.07) is 7.80. The summed E-state index contributed by atoms with van der Waals surface area (Å²) in [6.45, 7) is 7.78. The van der Waals surface area contributed by atoms with Crippen molar-refractivity contribution < 1.29 is 23.7 Å². The summed E-state index contributed by atoms with van der Waals surface area (Å²) in [5.74, 6) is 2.46. The average Bonchev–Trinajstić information content (AvgIpc) is 3.19. The molecule has 172 valence electrons. The normalized spacial score (nSPS) is 18.8. The highest BCUT2D eigenvalue weighted by Gasteiger charge is 2.29. The van der Waals surface area contributed by atoms with Crippen LogP contribution in [0.4, 0.5) is 0 Å². The number of hydrogen-bond acceptors (Lipinski definition) is 7. The van der Waals surface area contributed by atoms with E-state index >= 15 is 0 Å². The number of amides is 1. The van der Waals surface area contributed by atoms with Crippen LogP contribution in [0.2, 0.25) is 0 Å². The van der Waals surface area contributed by atoms with E-state index in [1.54, 1.807) is 13.3 Å². The minimum absolute atomic E-state index is 0.101. The number of methoxy groups -OCH3 is 1. The number of pyridine rings is 1. The third-order valence-corrected chi connectivity index (χ3v) is 5.52. The number of rotatable bonds is 8. The minimum atomic E-state index is -0.101. The molecule has 1 amide bonds. The van der Waals surface area contributed by atoms with Gasteiger partial charge in [-0.25, -0.2) is 0 Å². The number of aromatic nitrogens is 1. The molecule has 0 spiro atoms. The number of carbonyl (C=O) groups excluding carboxylic acids is 1. The van der Waals surface area contributed by atoms with Crippen molar-refractivity contribution in [3.63, 3.8) is 0 Å². The monoisotopic (exact) mass is 441 g/mol. The third-order valence-electron chi connectivity index (χ3n) is 5.52. The van der Waals surface area contributed by atoms with Gasteiger partial charge < -0.3 is 23.8 Å². The van der Waals surface area contributed by atoms with Gasteiger partial charge in [0.1, 0.15) is 0 Å². The van der Waals surface area contributed by atoms with Crippen LogP contribution in [0.3, 0.4) is 0 Å². The zero-order valence-corrected chi connectivity index (χ0v) is 19.0. The fraction of sp³-hybridized carbons (Fsp3) is 0.500. The second-order valence-electron chi connectivity index (χ2n) is 8.69. The zero-order valence-electron chi connectivity index (χ0n) is 19.0. The maximum atomic E-state index is 13.0. The van der Waals surface area contributed by atoms with E-state index in [0.717, 1.165) is 17.7 Å². The smallest absolute Gasteiger partial charge is 0.236 e. The van der Waals surface area contributed by atoms with Crippen molar-refractivity contribution in [2.75, 3.05) is 40.1 Å². The van der Waals surface area contributed by atoms with Gasteiger partial charge in [0.05, 0.1) is 26.4 Å². The van der Waals surface area contributed by atoms with Gasteiger partial charge in [-0.3, -0.25) is 14.7 Å². The van der Waals surface area contributed by atoms with E-state index < -0.39 is 0 Å². The van der Waals surface area contributed by atoms with Crippen molar-refractivity contribution in [3.05, 3.63) is 47.8 Å². The predicted octanol–water partition coefficient (Wildman–Crippen LogP) is 2.70. The molecule has 2 aromatic rings. The van der Waals surface area contributed by atoms with Crippen LogP contribution in [-0.2, 0) is 22.7 Å². The highest BCUT2D eigenvalue weighted by Crippen LogP contribution is 2.42. The fourth-order valence-corrected chi connectivity index (χ4v) is 4.12. The molecule has 0 saturated carbocycles. The Morgan fingerprint density at radius 1 is 1.22 bits per heavy atom. The van der Waals surface area contributed by atoms with Gasteiger partial charge in [0.15, 0.2) is 11.5 Å². The summed E-state index contributed by atoms with van der Waals surface area (Å²) in [5, 5.41) is 0. The molecule has 0 N–H and O–H groups in total. The van der Waals surface area contributed by atoms with Crippen LogP contribution in [0.25, 0.3) is 0 Å². The Kier molecular flexibility index (Phi) is 7.12. The predicted molar refractivity (Wildman–Crippen MR) is 119 cm³/mol. The van der Waals surface area contributed by atoms with Gasteiger partial charge in [0.25, 0.3) is 0 Å². The largest absolute Gasteiger partial charge is 0.493 e. The highest BCUT2D eigenvalue weighted by molar-refractivity contribution is 5.78. The lowest BCUT2D eigenvalue weighted by molar-refractivity contribution is -0.132. The molecule has 1 unspecified atom stereocenters. The highest BCUT2D eigenvalue weighted by atomic mass is 16.7. The Hall–Kier alpha value is -2.84. The van der Waals surface area contributed by atoms with Crippen molar-refractivity contribution >= 4 is 5.91 Å². The molecule has 0 radical (unpaired) electrons. The summed E-state index contributed by atoms with van der Waals surface area (Å²) in [6.07, 6.45) is 3.46. The molecular weight excluding hydrogens is 410 g/mol. The average molecular weight is 442 g/mol. The number of fused-ring (bicyclic) bond motifs is 1. The number of ether oxygens (including phenoxy) is 4. The van der Waals surface area contributed by atoms with Crippen LogP contribution in [0.15, 0.2) is 36.7 Å². The molecular formula is C24H31N3O5. The molecule has 1 aromatic heterocycles. The van der Waals surface area contributed by atoms with E-state index in [1.165, 1.54) is 0 Å². The molecule has 0 aliphatic carbocycles. The van der Waals surface area contributed by atoms with E-state index in [9.17, 15) is 4.79 Å². The molecule has 1 saturated heterocycles. The lowest BCUT2D eigenvalue weighted by Gasteiger charge is -2.26. The number of hydrogen-bond donors (Lipinski definition) is 0. The first-order chi connectivity index (χ1) is 15.5. The summed E-state index contributed by atoms with van der Waals surface area (Å²) in [4.78, 5) is 21.3. The van der Waals surface area contributed by atoms with Gasteiger partial charge in [-0.15, -0.1) is 0 Å². The number of carbonyl (C=O) groups is 1. The van der Waals surface area contributed by atoms with Gasteiger partial charge in [-0.2, -0.15) is 0 Å². The summed E-state index contributed by atoms with van der Waals surface area (Å²) in [5.41, 5.74) is 2.02. The molecule has 0 bridgehead atoms. The van der Waals surface area contributed by atoms with Crippen LogP contribution >= 0.6 is 0 Å². The summed E-state index contributed by atoms with van der Waals surface area (Å²) < 4.78 is 22.8. The third kappa shape index (κ3) is 5.49. The molecule has 1 fully saturated rings. The Morgan fingerprint density at radius 3 is 2.84 bits per heavy atom. The SMILES string of the molecule is COc1cc(CN2CC(=O)N(CC(C)C)CC(OCc3cccnc3)C2)cc2c1OCO2. The van der Waals surface area contributed by atoms with E-state index in [0.29, 0.717) is 56.0 Å². The van der Waals surface area contributed by atoms with Gasteiger partial charge in [0.2, 0.25) is 18.4 Å². The molecule has 1 aromatic carbocycles. The second-order valence-corrected chi connectivity index (χ2v) is 8.69. The lowest BCUT2D eigenvalue weighted by Crippen LogP contribution is -2.40. The first kappa shape index (κ1) is 22.4. The van der Waals surface area contributed by atoms with Crippen LogP contribution in [0.5, 0.6) is 17.2 Å².